The van der Waals surface area contributed by atoms with Gasteiger partial charge in [-0.1, -0.05) is 12.1 Å². The molecule has 2 rings (SSSR count). The van der Waals surface area contributed by atoms with Crippen molar-refractivity contribution < 1.29 is 4.79 Å². The van der Waals surface area contributed by atoms with Crippen molar-refractivity contribution in [2.24, 2.45) is 10.2 Å². The predicted molar refractivity (Wildman–Crippen MR) is 66.3 cm³/mol. The van der Waals surface area contributed by atoms with Gasteiger partial charge in [0.15, 0.2) is 5.66 Å². The highest BCUT2D eigenvalue weighted by atomic mass is 16.2. The van der Waals surface area contributed by atoms with E-state index in [1.54, 1.807) is 19.0 Å². The van der Waals surface area contributed by atoms with E-state index in [1.165, 1.54) is 0 Å². The number of azo groups is 1. The minimum absolute atomic E-state index is 0.0262. The Morgan fingerprint density at radius 2 is 2.12 bits per heavy atom. The average molecular weight is 232 g/mol. The van der Waals surface area contributed by atoms with Crippen LogP contribution in [0.4, 0.5) is 11.4 Å². The van der Waals surface area contributed by atoms with Crippen LogP contribution in [0, 0.1) is 0 Å². The van der Waals surface area contributed by atoms with Crippen molar-refractivity contribution in [2.75, 3.05) is 19.4 Å². The summed E-state index contributed by atoms with van der Waals surface area (Å²) in [5.41, 5.74) is 1.06. The molecule has 0 radical (unpaired) electrons. The Morgan fingerprint density at radius 1 is 1.41 bits per heavy atom. The maximum absolute atomic E-state index is 11.7. The molecule has 1 aliphatic rings. The van der Waals surface area contributed by atoms with Crippen LogP contribution >= 0.6 is 0 Å². The highest BCUT2D eigenvalue weighted by Gasteiger charge is 2.31. The Kier molecular flexibility index (Phi) is 2.83. The molecule has 1 unspecified atom stereocenters. The number of hydrogen-bond donors (Lipinski definition) is 1. The largest absolute Gasteiger partial charge is 0.358 e. The van der Waals surface area contributed by atoms with Crippen LogP contribution in [0.1, 0.15) is 13.3 Å². The van der Waals surface area contributed by atoms with Crippen LogP contribution in [-0.2, 0) is 4.79 Å². The first-order valence-corrected chi connectivity index (χ1v) is 5.50. The summed E-state index contributed by atoms with van der Waals surface area (Å²) in [6, 6.07) is 7.67. The number of nitrogens with one attached hydrogen (secondary N) is 1. The fraction of sp³-hybridized carbons (Fsp3) is 0.417. The first-order valence-electron chi connectivity index (χ1n) is 5.50. The first kappa shape index (κ1) is 11.6. The van der Waals surface area contributed by atoms with E-state index in [0.29, 0.717) is 0 Å². The van der Waals surface area contributed by atoms with Gasteiger partial charge in [0.2, 0.25) is 5.91 Å². The summed E-state index contributed by atoms with van der Waals surface area (Å²) in [6.45, 7) is 1.87. The third-order valence-electron chi connectivity index (χ3n) is 2.68. The topological polar surface area (TPSA) is 57.1 Å². The van der Waals surface area contributed by atoms with E-state index < -0.39 is 5.66 Å². The Bertz CT molecular complexity index is 469. The van der Waals surface area contributed by atoms with Crippen molar-refractivity contribution in [3.63, 3.8) is 0 Å². The fourth-order valence-electron chi connectivity index (χ4n) is 1.68. The lowest BCUT2D eigenvalue weighted by Gasteiger charge is -2.30. The Hall–Kier alpha value is -1.91. The van der Waals surface area contributed by atoms with Gasteiger partial charge < -0.3 is 10.2 Å². The number of fused-ring (bicyclic) bond motifs is 1. The molecule has 0 fully saturated rings. The highest BCUT2D eigenvalue weighted by Crippen LogP contribution is 2.34. The van der Waals surface area contributed by atoms with Gasteiger partial charge in [0.05, 0.1) is 12.1 Å². The maximum atomic E-state index is 11.7. The number of nitrogens with zero attached hydrogens (tertiary/aromatic N) is 3. The SMILES string of the molecule is CN(C)C(=O)CC1(C)N=Nc2ccccc2N1. The Labute approximate surface area is 101 Å². The van der Waals surface area contributed by atoms with Crippen LogP contribution in [0.15, 0.2) is 34.5 Å². The lowest BCUT2D eigenvalue weighted by atomic mass is 10.1. The normalized spacial score (nSPS) is 21.6. The smallest absolute Gasteiger partial charge is 0.226 e. The Morgan fingerprint density at radius 3 is 2.82 bits per heavy atom. The van der Waals surface area contributed by atoms with Crippen LogP contribution in [0.25, 0.3) is 0 Å². The summed E-state index contributed by atoms with van der Waals surface area (Å²) < 4.78 is 0. The minimum atomic E-state index is -0.657. The minimum Gasteiger partial charge on any atom is -0.358 e. The van der Waals surface area contributed by atoms with Gasteiger partial charge in [-0.3, -0.25) is 4.79 Å². The zero-order valence-corrected chi connectivity index (χ0v) is 10.3. The van der Waals surface area contributed by atoms with E-state index in [1.807, 2.05) is 31.2 Å². The van der Waals surface area contributed by atoms with Gasteiger partial charge in [-0.2, -0.15) is 10.2 Å². The van der Waals surface area contributed by atoms with E-state index in [9.17, 15) is 4.79 Å². The molecule has 17 heavy (non-hydrogen) atoms. The molecule has 90 valence electrons. The molecule has 1 aromatic rings. The molecular weight excluding hydrogens is 216 g/mol. The number of anilines is 1. The molecular formula is C12H16N4O. The lowest BCUT2D eigenvalue weighted by molar-refractivity contribution is -0.129. The number of carbonyl (C=O) groups excluding carboxylic acids is 1. The van der Waals surface area contributed by atoms with Crippen molar-refractivity contribution in [2.45, 2.75) is 19.0 Å². The molecule has 1 N–H and O–H groups in total. The van der Waals surface area contributed by atoms with Crippen LogP contribution in [0.5, 0.6) is 0 Å². The van der Waals surface area contributed by atoms with E-state index in [2.05, 4.69) is 15.5 Å². The van der Waals surface area contributed by atoms with Crippen LogP contribution < -0.4 is 5.32 Å². The summed E-state index contributed by atoms with van der Waals surface area (Å²) in [7, 11) is 3.47. The molecule has 1 atom stereocenters. The molecule has 0 saturated carbocycles. The molecule has 1 aliphatic heterocycles. The summed E-state index contributed by atoms with van der Waals surface area (Å²) in [5, 5.41) is 11.6. The third-order valence-corrected chi connectivity index (χ3v) is 2.68. The molecule has 0 saturated heterocycles. The van der Waals surface area contributed by atoms with Crippen molar-refractivity contribution >= 4 is 17.3 Å². The van der Waals surface area contributed by atoms with E-state index in [4.69, 9.17) is 0 Å². The molecule has 0 aromatic heterocycles. The molecule has 1 aromatic carbocycles. The number of amides is 1. The predicted octanol–water partition coefficient (Wildman–Crippen LogP) is 2.39. The quantitative estimate of drug-likeness (QED) is 0.851. The molecule has 1 heterocycles. The Balaban J connectivity index is 2.19. The summed E-state index contributed by atoms with van der Waals surface area (Å²) in [4.78, 5) is 13.3. The van der Waals surface area contributed by atoms with Crippen LogP contribution in [0.3, 0.4) is 0 Å². The zero-order valence-electron chi connectivity index (χ0n) is 10.3. The standard InChI is InChI=1S/C12H16N4O/c1-12(8-11(17)16(2)3)13-9-6-4-5-7-10(9)14-15-12/h4-7,13H,8H2,1-3H3. The van der Waals surface area contributed by atoms with Crippen molar-refractivity contribution in [1.29, 1.82) is 0 Å². The fourth-order valence-corrected chi connectivity index (χ4v) is 1.68. The summed E-state index contributed by atoms with van der Waals surface area (Å²) in [5.74, 6) is 0.0262. The van der Waals surface area contributed by atoms with Crippen molar-refractivity contribution in [1.82, 2.24) is 4.90 Å². The first-order chi connectivity index (χ1) is 8.00. The van der Waals surface area contributed by atoms with Gasteiger partial charge in [-0.25, -0.2) is 0 Å². The van der Waals surface area contributed by atoms with Crippen molar-refractivity contribution in [3.8, 4) is 0 Å². The molecule has 5 nitrogen and oxygen atoms in total. The van der Waals surface area contributed by atoms with Gasteiger partial charge in [0.1, 0.15) is 5.69 Å². The zero-order chi connectivity index (χ0) is 12.5. The number of rotatable bonds is 2. The second-order valence-electron chi connectivity index (χ2n) is 4.58. The summed E-state index contributed by atoms with van der Waals surface area (Å²) >= 11 is 0. The number of carbonyl (C=O) groups is 1. The van der Waals surface area contributed by atoms with E-state index >= 15 is 0 Å². The van der Waals surface area contributed by atoms with Gasteiger partial charge in [-0.05, 0) is 19.1 Å². The number of benzene rings is 1. The van der Waals surface area contributed by atoms with Crippen LogP contribution in [-0.4, -0.2) is 30.6 Å². The number of hydrogen-bond acceptors (Lipinski definition) is 4. The lowest BCUT2D eigenvalue weighted by Crippen LogP contribution is -2.39. The average Bonchev–Trinajstić information content (AvgIpc) is 2.28. The van der Waals surface area contributed by atoms with E-state index in [0.717, 1.165) is 11.4 Å². The second-order valence-corrected chi connectivity index (χ2v) is 4.58. The second kappa shape index (κ2) is 4.16. The third kappa shape index (κ3) is 2.43. The van der Waals surface area contributed by atoms with Crippen molar-refractivity contribution in [3.05, 3.63) is 24.3 Å². The van der Waals surface area contributed by atoms with Gasteiger partial charge in [0, 0.05) is 14.1 Å². The monoisotopic (exact) mass is 232 g/mol. The maximum Gasteiger partial charge on any atom is 0.226 e. The molecule has 1 amide bonds. The van der Waals surface area contributed by atoms with E-state index in [-0.39, 0.29) is 12.3 Å². The molecule has 0 aliphatic carbocycles. The highest BCUT2D eigenvalue weighted by molar-refractivity contribution is 5.78. The summed E-state index contributed by atoms with van der Waals surface area (Å²) in [6.07, 6.45) is 0.290. The molecule has 0 bridgehead atoms. The molecule has 0 spiro atoms. The van der Waals surface area contributed by atoms with Gasteiger partial charge in [-0.15, -0.1) is 0 Å². The number of para-hydroxylation sites is 1. The van der Waals surface area contributed by atoms with Gasteiger partial charge >= 0.3 is 0 Å². The molecule has 5 heteroatoms. The van der Waals surface area contributed by atoms with Gasteiger partial charge in [0.25, 0.3) is 0 Å². The van der Waals surface area contributed by atoms with Crippen LogP contribution in [0.2, 0.25) is 0 Å².